The number of hydrogen-bond donors (Lipinski definition) is 1. The largest absolute Gasteiger partial charge is 0.327 e. The Morgan fingerprint density at radius 2 is 1.77 bits per heavy atom. The molecule has 0 amide bonds. The van der Waals surface area contributed by atoms with E-state index in [4.69, 9.17) is 4.98 Å². The van der Waals surface area contributed by atoms with E-state index in [0.29, 0.717) is 0 Å². The Labute approximate surface area is 132 Å². The van der Waals surface area contributed by atoms with Crippen LogP contribution in [0.15, 0.2) is 48.5 Å². The highest BCUT2D eigenvalue weighted by Gasteiger charge is 2.09. The van der Waals surface area contributed by atoms with Crippen LogP contribution in [0.2, 0.25) is 0 Å². The van der Waals surface area contributed by atoms with E-state index in [-0.39, 0.29) is 0 Å². The highest BCUT2D eigenvalue weighted by Crippen LogP contribution is 2.16. The van der Waals surface area contributed by atoms with Crippen molar-refractivity contribution in [3.8, 4) is 0 Å². The summed E-state index contributed by atoms with van der Waals surface area (Å²) in [5.41, 5.74) is 5.00. The van der Waals surface area contributed by atoms with Gasteiger partial charge in [0.2, 0.25) is 0 Å². The SMILES string of the molecule is CCCn1c(CNCc2ccccc2C)nc2ccccc21. The van der Waals surface area contributed by atoms with E-state index in [1.165, 1.54) is 16.6 Å². The van der Waals surface area contributed by atoms with E-state index in [1.54, 1.807) is 0 Å². The van der Waals surface area contributed by atoms with Crippen LogP contribution in [0.4, 0.5) is 0 Å². The molecule has 0 saturated carbocycles. The number of aromatic nitrogens is 2. The van der Waals surface area contributed by atoms with Gasteiger partial charge < -0.3 is 9.88 Å². The Morgan fingerprint density at radius 1 is 1.00 bits per heavy atom. The predicted octanol–water partition coefficient (Wildman–Crippen LogP) is 4.04. The van der Waals surface area contributed by atoms with Crippen molar-refractivity contribution in [3.63, 3.8) is 0 Å². The lowest BCUT2D eigenvalue weighted by Crippen LogP contribution is -2.17. The van der Waals surface area contributed by atoms with Gasteiger partial charge in [-0.2, -0.15) is 0 Å². The van der Waals surface area contributed by atoms with E-state index in [2.05, 4.69) is 72.3 Å². The van der Waals surface area contributed by atoms with Crippen molar-refractivity contribution >= 4 is 11.0 Å². The summed E-state index contributed by atoms with van der Waals surface area (Å²) in [4.78, 5) is 4.79. The lowest BCUT2D eigenvalue weighted by atomic mass is 10.1. The molecule has 3 nitrogen and oxygen atoms in total. The van der Waals surface area contributed by atoms with Crippen molar-refractivity contribution in [1.29, 1.82) is 0 Å². The van der Waals surface area contributed by atoms with Gasteiger partial charge in [0.25, 0.3) is 0 Å². The van der Waals surface area contributed by atoms with Gasteiger partial charge in [0, 0.05) is 13.1 Å². The minimum atomic E-state index is 0.795. The van der Waals surface area contributed by atoms with Crippen LogP contribution in [0.25, 0.3) is 11.0 Å². The maximum absolute atomic E-state index is 4.79. The molecule has 1 aromatic heterocycles. The van der Waals surface area contributed by atoms with Gasteiger partial charge in [-0.3, -0.25) is 0 Å². The van der Waals surface area contributed by atoms with Crippen molar-refractivity contribution in [2.75, 3.05) is 0 Å². The third kappa shape index (κ3) is 3.04. The molecule has 2 aromatic carbocycles. The quantitative estimate of drug-likeness (QED) is 0.743. The van der Waals surface area contributed by atoms with Gasteiger partial charge in [0.05, 0.1) is 17.6 Å². The standard InChI is InChI=1S/C19H23N3/c1-3-12-22-18-11-7-6-10-17(18)21-19(22)14-20-13-16-9-5-4-8-15(16)2/h4-11,20H,3,12-14H2,1-2H3. The van der Waals surface area contributed by atoms with Crippen LogP contribution in [0, 0.1) is 6.92 Å². The van der Waals surface area contributed by atoms with Crippen molar-refractivity contribution in [2.45, 2.75) is 39.9 Å². The molecular formula is C19H23N3. The third-order valence-electron chi connectivity index (χ3n) is 4.04. The molecule has 0 aliphatic rings. The lowest BCUT2D eigenvalue weighted by Gasteiger charge is -2.10. The molecule has 0 saturated heterocycles. The Hall–Kier alpha value is -2.13. The molecular weight excluding hydrogens is 270 g/mol. The minimum absolute atomic E-state index is 0.795. The second-order valence-electron chi connectivity index (χ2n) is 5.70. The molecule has 3 aromatic rings. The first-order valence-corrected chi connectivity index (χ1v) is 7.99. The average Bonchev–Trinajstić information content (AvgIpc) is 2.88. The fraction of sp³-hybridized carbons (Fsp3) is 0.316. The van der Waals surface area contributed by atoms with E-state index in [1.807, 2.05) is 0 Å². The van der Waals surface area contributed by atoms with Gasteiger partial charge in [0.1, 0.15) is 5.82 Å². The molecule has 114 valence electrons. The monoisotopic (exact) mass is 293 g/mol. The number of fused-ring (bicyclic) bond motifs is 1. The molecule has 1 heterocycles. The summed E-state index contributed by atoms with van der Waals surface area (Å²) in [6.45, 7) is 7.05. The van der Waals surface area contributed by atoms with E-state index < -0.39 is 0 Å². The van der Waals surface area contributed by atoms with Crippen LogP contribution in [0.1, 0.15) is 30.3 Å². The van der Waals surface area contributed by atoms with Gasteiger partial charge in [-0.05, 0) is 36.6 Å². The van der Waals surface area contributed by atoms with Crippen LogP contribution in [-0.2, 0) is 19.6 Å². The van der Waals surface area contributed by atoms with Crippen LogP contribution < -0.4 is 5.32 Å². The second-order valence-corrected chi connectivity index (χ2v) is 5.70. The Bertz CT molecular complexity index is 758. The summed E-state index contributed by atoms with van der Waals surface area (Å²) in [5.74, 6) is 1.12. The molecule has 0 aliphatic heterocycles. The topological polar surface area (TPSA) is 29.9 Å². The first-order valence-electron chi connectivity index (χ1n) is 7.99. The molecule has 3 heteroatoms. The maximum Gasteiger partial charge on any atom is 0.123 e. The number of para-hydroxylation sites is 2. The van der Waals surface area contributed by atoms with Crippen molar-refractivity contribution < 1.29 is 0 Å². The summed E-state index contributed by atoms with van der Waals surface area (Å²) >= 11 is 0. The van der Waals surface area contributed by atoms with Crippen molar-refractivity contribution in [1.82, 2.24) is 14.9 Å². The molecule has 0 unspecified atom stereocenters. The molecule has 22 heavy (non-hydrogen) atoms. The van der Waals surface area contributed by atoms with Gasteiger partial charge in [-0.1, -0.05) is 43.3 Å². The summed E-state index contributed by atoms with van der Waals surface area (Å²) in [7, 11) is 0. The molecule has 0 aliphatic carbocycles. The van der Waals surface area contributed by atoms with Crippen LogP contribution >= 0.6 is 0 Å². The first-order chi connectivity index (χ1) is 10.8. The summed E-state index contributed by atoms with van der Waals surface area (Å²) in [6, 6.07) is 16.9. The zero-order chi connectivity index (χ0) is 15.4. The highest BCUT2D eigenvalue weighted by atomic mass is 15.1. The molecule has 3 rings (SSSR count). The third-order valence-corrected chi connectivity index (χ3v) is 4.04. The van der Waals surface area contributed by atoms with Crippen molar-refractivity contribution in [3.05, 3.63) is 65.5 Å². The molecule has 0 atom stereocenters. The second kappa shape index (κ2) is 6.75. The zero-order valence-corrected chi connectivity index (χ0v) is 13.3. The van der Waals surface area contributed by atoms with Crippen LogP contribution in [-0.4, -0.2) is 9.55 Å². The summed E-state index contributed by atoms with van der Waals surface area (Å²) in [6.07, 6.45) is 1.12. The van der Waals surface area contributed by atoms with Crippen LogP contribution in [0.5, 0.6) is 0 Å². The number of imidazole rings is 1. The highest BCUT2D eigenvalue weighted by molar-refractivity contribution is 5.75. The normalized spacial score (nSPS) is 11.2. The van der Waals surface area contributed by atoms with Gasteiger partial charge in [-0.15, -0.1) is 0 Å². The molecule has 0 bridgehead atoms. The van der Waals surface area contributed by atoms with Gasteiger partial charge in [-0.25, -0.2) is 4.98 Å². The predicted molar refractivity (Wildman–Crippen MR) is 91.7 cm³/mol. The smallest absolute Gasteiger partial charge is 0.123 e. The fourth-order valence-corrected chi connectivity index (χ4v) is 2.85. The zero-order valence-electron chi connectivity index (χ0n) is 13.3. The minimum Gasteiger partial charge on any atom is -0.327 e. The van der Waals surface area contributed by atoms with Crippen LogP contribution in [0.3, 0.4) is 0 Å². The lowest BCUT2D eigenvalue weighted by molar-refractivity contribution is 0.597. The molecule has 0 radical (unpaired) electrons. The Morgan fingerprint density at radius 3 is 2.59 bits per heavy atom. The molecule has 0 spiro atoms. The molecule has 0 fully saturated rings. The number of hydrogen-bond acceptors (Lipinski definition) is 2. The number of rotatable bonds is 6. The molecule has 1 N–H and O–H groups in total. The average molecular weight is 293 g/mol. The van der Waals surface area contributed by atoms with Gasteiger partial charge in [0.15, 0.2) is 0 Å². The summed E-state index contributed by atoms with van der Waals surface area (Å²) in [5, 5.41) is 3.54. The first kappa shape index (κ1) is 14.8. The number of benzene rings is 2. The van der Waals surface area contributed by atoms with Gasteiger partial charge >= 0.3 is 0 Å². The summed E-state index contributed by atoms with van der Waals surface area (Å²) < 4.78 is 2.33. The number of nitrogens with one attached hydrogen (secondary N) is 1. The Kier molecular flexibility index (Phi) is 4.54. The van der Waals surface area contributed by atoms with E-state index >= 15 is 0 Å². The Balaban J connectivity index is 1.76. The number of aryl methyl sites for hydroxylation is 2. The maximum atomic E-state index is 4.79. The van der Waals surface area contributed by atoms with E-state index in [9.17, 15) is 0 Å². The van der Waals surface area contributed by atoms with E-state index in [0.717, 1.165) is 37.4 Å². The number of nitrogens with zero attached hydrogens (tertiary/aromatic N) is 2. The van der Waals surface area contributed by atoms with Crippen molar-refractivity contribution in [2.24, 2.45) is 0 Å². The fourth-order valence-electron chi connectivity index (χ4n) is 2.85.